The van der Waals surface area contributed by atoms with Gasteiger partial charge < -0.3 is 19.6 Å². The van der Waals surface area contributed by atoms with Crippen LogP contribution in [0.15, 0.2) is 0 Å². The number of hydrogen-bond donors (Lipinski definition) is 1. The first kappa shape index (κ1) is 31.9. The Morgan fingerprint density at radius 3 is 1.95 bits per heavy atom. The van der Waals surface area contributed by atoms with Crippen LogP contribution in [0.2, 0.25) is 0 Å². The van der Waals surface area contributed by atoms with Gasteiger partial charge in [0.15, 0.2) is 12.5 Å². The molecule has 0 fully saturated rings. The van der Waals surface area contributed by atoms with Crippen molar-refractivity contribution in [1.82, 2.24) is 0 Å². The van der Waals surface area contributed by atoms with Gasteiger partial charge >= 0.3 is 0 Å². The molecule has 20 heavy (non-hydrogen) atoms. The molecule has 0 radical (unpaired) electrons. The van der Waals surface area contributed by atoms with Gasteiger partial charge in [-0.1, -0.05) is 29.7 Å². The first-order valence-corrected chi connectivity index (χ1v) is 6.25. The summed E-state index contributed by atoms with van der Waals surface area (Å²) in [6, 6.07) is 0. The van der Waals surface area contributed by atoms with Gasteiger partial charge in [-0.25, -0.2) is 0 Å². The molecule has 0 heterocycles. The van der Waals surface area contributed by atoms with Crippen LogP contribution in [-0.4, -0.2) is 51.3 Å². The molecule has 0 bridgehead atoms. The highest BCUT2D eigenvalue weighted by Crippen LogP contribution is 2.38. The first-order chi connectivity index (χ1) is 7.16. The van der Waals surface area contributed by atoms with E-state index in [4.69, 9.17) is 5.73 Å². The zero-order chi connectivity index (χ0) is 12.8. The second kappa shape index (κ2) is 13.7. The van der Waals surface area contributed by atoms with E-state index in [1.165, 1.54) is 0 Å². The maximum Gasteiger partial charge on any atom is 0.272 e. The molecule has 0 saturated carbocycles. The van der Waals surface area contributed by atoms with E-state index in [1.54, 1.807) is 21.1 Å². The summed E-state index contributed by atoms with van der Waals surface area (Å²) in [5.74, 6) is -0.368. The van der Waals surface area contributed by atoms with Crippen molar-refractivity contribution in [2.75, 3.05) is 41.0 Å². The van der Waals surface area contributed by atoms with Gasteiger partial charge in [0.05, 0.1) is 21.1 Å². The lowest BCUT2D eigenvalue weighted by molar-refractivity contribution is -0.887. The Labute approximate surface area is 125 Å². The topological polar surface area (TPSA) is 102 Å². The van der Waals surface area contributed by atoms with Crippen molar-refractivity contribution in [3.05, 3.63) is 0 Å². The summed E-state index contributed by atoms with van der Waals surface area (Å²) in [5.41, 5.74) is 5.13. The first-order valence-electron chi connectivity index (χ1n) is 4.78. The Hall–Kier alpha value is -0.300. The third kappa shape index (κ3) is 20.0. The molecule has 1 atom stereocenters. The third-order valence-corrected chi connectivity index (χ3v) is 2.29. The lowest BCUT2D eigenvalue weighted by Crippen LogP contribution is -2.37. The van der Waals surface area contributed by atoms with Crippen molar-refractivity contribution in [3.63, 3.8) is 0 Å². The van der Waals surface area contributed by atoms with E-state index in [0.717, 1.165) is 0 Å². The maximum absolute atomic E-state index is 11.2. The van der Waals surface area contributed by atoms with Crippen LogP contribution < -0.4 is 10.6 Å². The molecule has 0 aromatic carbocycles. The van der Waals surface area contributed by atoms with Crippen LogP contribution in [0.25, 0.3) is 0 Å². The van der Waals surface area contributed by atoms with Crippen LogP contribution in [0, 0.1) is 0 Å². The molecule has 0 amide bonds. The molecule has 128 valence electrons. The fraction of sp³-hybridized carbons (Fsp3) is 0.917. The third-order valence-electron chi connectivity index (χ3n) is 1.41. The molecule has 0 aliphatic heterocycles. The van der Waals surface area contributed by atoms with Gasteiger partial charge in [-0.15, -0.1) is 0 Å². The highest BCUT2D eigenvalue weighted by atomic mass is 31.2. The number of rotatable bonds is 8. The van der Waals surface area contributed by atoms with Gasteiger partial charge in [0.1, 0.15) is 6.61 Å². The molecule has 0 aliphatic rings. The van der Waals surface area contributed by atoms with Gasteiger partial charge in [-0.2, -0.15) is 0 Å². The number of nitrogens with two attached hydrogens (primary N) is 1. The summed E-state index contributed by atoms with van der Waals surface area (Å²) in [5, 5.41) is 0. The minimum atomic E-state index is -4.39. The van der Waals surface area contributed by atoms with E-state index < -0.39 is 14.4 Å². The van der Waals surface area contributed by atoms with Crippen LogP contribution in [0.3, 0.4) is 0 Å². The van der Waals surface area contributed by atoms with Crippen LogP contribution >= 0.6 is 7.82 Å². The quantitative estimate of drug-likeness (QED) is 0.414. The minimum Gasteiger partial charge on any atom is -0.756 e. The van der Waals surface area contributed by atoms with Gasteiger partial charge in [0.2, 0.25) is 0 Å². The summed E-state index contributed by atoms with van der Waals surface area (Å²) in [6.45, 7) is -0.397. The number of ketones is 1. The molecular formula is C12H35N2O5P. The van der Waals surface area contributed by atoms with Crippen molar-refractivity contribution in [2.24, 2.45) is 5.73 Å². The molecule has 0 aliphatic carbocycles. The Balaban J connectivity index is -0.000000187. The van der Waals surface area contributed by atoms with Crippen LogP contribution in [0.4, 0.5) is 0 Å². The zero-order valence-electron chi connectivity index (χ0n) is 9.84. The molecule has 0 aromatic heterocycles. The summed E-state index contributed by atoms with van der Waals surface area (Å²) < 4.78 is 20.5. The standard InChI is InChI=1S/C8H19N2O5P.4CH4/c1-10(2,3)7-15-16(12,13)14-6-8(11)4-5-9;;;;/h4-7,9H2,1-3H3;4*1H4. The molecule has 0 saturated heterocycles. The zero-order valence-corrected chi connectivity index (χ0v) is 10.7. The summed E-state index contributed by atoms with van der Waals surface area (Å²) in [7, 11) is 0.897. The summed E-state index contributed by atoms with van der Waals surface area (Å²) in [6.07, 6.45) is 0.0926. The molecular weight excluding hydrogens is 283 g/mol. The van der Waals surface area contributed by atoms with E-state index in [9.17, 15) is 14.3 Å². The Morgan fingerprint density at radius 1 is 1.15 bits per heavy atom. The molecule has 0 rings (SSSR count). The minimum absolute atomic E-state index is 0. The maximum atomic E-state index is 11.2. The van der Waals surface area contributed by atoms with Crippen molar-refractivity contribution in [1.29, 1.82) is 0 Å². The van der Waals surface area contributed by atoms with Crippen molar-refractivity contribution in [3.8, 4) is 0 Å². The van der Waals surface area contributed by atoms with Gasteiger partial charge in [0.25, 0.3) is 7.82 Å². The lowest BCUT2D eigenvalue weighted by Gasteiger charge is -2.28. The fourth-order valence-corrected chi connectivity index (χ4v) is 1.53. The molecule has 8 heteroatoms. The van der Waals surface area contributed by atoms with Gasteiger partial charge in [-0.3, -0.25) is 13.9 Å². The van der Waals surface area contributed by atoms with Gasteiger partial charge in [-0.05, 0) is 6.54 Å². The highest BCUT2D eigenvalue weighted by Gasteiger charge is 2.16. The summed E-state index contributed by atoms with van der Waals surface area (Å²) >= 11 is 0. The number of hydrogen-bond acceptors (Lipinski definition) is 6. The molecule has 7 nitrogen and oxygen atoms in total. The van der Waals surface area contributed by atoms with Crippen LogP contribution in [0.5, 0.6) is 0 Å². The second-order valence-electron chi connectivity index (χ2n) is 4.35. The van der Waals surface area contributed by atoms with E-state index in [-0.39, 0.29) is 55.2 Å². The SMILES string of the molecule is C.C.C.C.C[N+](C)(C)COP(=O)([O-])OCC(=O)CCN. The van der Waals surface area contributed by atoms with Crippen LogP contribution in [-0.2, 0) is 18.4 Å². The molecule has 1 unspecified atom stereocenters. The fourth-order valence-electron chi connectivity index (χ4n) is 0.665. The predicted octanol–water partition coefficient (Wildman–Crippen LogP) is 1.61. The second-order valence-corrected chi connectivity index (χ2v) is 5.76. The number of phosphoric ester groups is 1. The smallest absolute Gasteiger partial charge is 0.272 e. The molecule has 0 spiro atoms. The Morgan fingerprint density at radius 2 is 1.60 bits per heavy atom. The average Bonchev–Trinajstić information content (AvgIpc) is 2.12. The number of Topliss-reactive ketones (excluding diaryl/α,β-unsaturated/α-hetero) is 1. The number of carbonyl (C=O) groups is 1. The number of carbonyl (C=O) groups excluding carboxylic acids is 1. The van der Waals surface area contributed by atoms with Crippen LogP contribution in [0.1, 0.15) is 36.1 Å². The van der Waals surface area contributed by atoms with E-state index in [2.05, 4.69) is 9.05 Å². The van der Waals surface area contributed by atoms with E-state index in [1.807, 2.05) is 0 Å². The van der Waals surface area contributed by atoms with Crippen molar-refractivity contribution >= 4 is 13.6 Å². The highest BCUT2D eigenvalue weighted by molar-refractivity contribution is 7.45. The molecule has 2 N–H and O–H groups in total. The van der Waals surface area contributed by atoms with E-state index in [0.29, 0.717) is 4.48 Å². The number of nitrogens with zero attached hydrogens (tertiary/aromatic N) is 1. The Bertz CT molecular complexity index is 280. The Kier molecular flexibility index (Phi) is 21.8. The van der Waals surface area contributed by atoms with E-state index >= 15 is 0 Å². The number of quaternary nitrogens is 1. The number of phosphoric acid groups is 1. The van der Waals surface area contributed by atoms with Crippen molar-refractivity contribution in [2.45, 2.75) is 36.1 Å². The molecule has 0 aromatic rings. The lowest BCUT2D eigenvalue weighted by atomic mass is 10.3. The normalized spacial score (nSPS) is 12.7. The monoisotopic (exact) mass is 318 g/mol. The largest absolute Gasteiger partial charge is 0.756 e. The summed E-state index contributed by atoms with van der Waals surface area (Å²) in [4.78, 5) is 22.1. The van der Waals surface area contributed by atoms with Gasteiger partial charge in [0, 0.05) is 6.42 Å². The van der Waals surface area contributed by atoms with Crippen molar-refractivity contribution < 1.29 is 27.8 Å². The average molecular weight is 318 g/mol. The predicted molar refractivity (Wildman–Crippen MR) is 83.1 cm³/mol.